The second-order valence-corrected chi connectivity index (χ2v) is 10.1. The molecule has 6 nitrogen and oxygen atoms in total. The van der Waals surface area contributed by atoms with Crippen LogP contribution in [0.25, 0.3) is 22.3 Å². The second-order valence-electron chi connectivity index (χ2n) is 7.57. The number of aromatic nitrogens is 2. The van der Waals surface area contributed by atoms with Crippen molar-refractivity contribution in [3.63, 3.8) is 0 Å². The lowest BCUT2D eigenvalue weighted by Crippen LogP contribution is -2.49. The van der Waals surface area contributed by atoms with Gasteiger partial charge in [-0.2, -0.15) is 4.31 Å². The van der Waals surface area contributed by atoms with Crippen LogP contribution in [-0.2, 0) is 10.0 Å². The third-order valence-corrected chi connectivity index (χ3v) is 7.63. The van der Waals surface area contributed by atoms with E-state index < -0.39 is 15.8 Å². The van der Waals surface area contributed by atoms with E-state index in [1.165, 1.54) is 6.07 Å². The predicted octanol–water partition coefficient (Wildman–Crippen LogP) is 4.34. The third-order valence-electron chi connectivity index (χ3n) is 5.44. The molecule has 1 aliphatic rings. The normalized spacial score (nSPS) is 15.5. The minimum Gasteiger partial charge on any atom is -0.353 e. The topological polar surface area (TPSA) is 66.4 Å². The van der Waals surface area contributed by atoms with Gasteiger partial charge in [-0.15, -0.1) is 0 Å². The zero-order valence-electron chi connectivity index (χ0n) is 17.3. The van der Waals surface area contributed by atoms with E-state index in [2.05, 4.69) is 9.97 Å². The van der Waals surface area contributed by atoms with Gasteiger partial charge in [0.2, 0.25) is 10.0 Å². The van der Waals surface area contributed by atoms with Crippen molar-refractivity contribution in [1.29, 1.82) is 0 Å². The smallest absolute Gasteiger partial charge is 0.214 e. The van der Waals surface area contributed by atoms with E-state index in [4.69, 9.17) is 11.6 Å². The summed E-state index contributed by atoms with van der Waals surface area (Å²) in [6, 6.07) is 11.7. The van der Waals surface area contributed by atoms with Gasteiger partial charge >= 0.3 is 0 Å². The van der Waals surface area contributed by atoms with Crippen LogP contribution in [0.4, 0.5) is 10.2 Å². The third kappa shape index (κ3) is 4.66. The maximum atomic E-state index is 14.4. The van der Waals surface area contributed by atoms with Gasteiger partial charge < -0.3 is 4.90 Å². The number of piperazine rings is 1. The van der Waals surface area contributed by atoms with Crippen molar-refractivity contribution in [2.24, 2.45) is 0 Å². The van der Waals surface area contributed by atoms with E-state index in [0.717, 1.165) is 11.8 Å². The molecule has 164 valence electrons. The molecular formula is C22H24ClFN4O2S. The van der Waals surface area contributed by atoms with E-state index in [-0.39, 0.29) is 5.75 Å². The largest absolute Gasteiger partial charge is 0.353 e. The first-order valence-corrected chi connectivity index (χ1v) is 12.3. The molecule has 9 heteroatoms. The second kappa shape index (κ2) is 9.06. The molecule has 1 aromatic heterocycles. The predicted molar refractivity (Wildman–Crippen MR) is 122 cm³/mol. The molecule has 0 unspecified atom stereocenters. The standard InChI is InChI=1S/C22H24ClFN4O2S/c1-2-3-14-31(29,30)28-12-10-27(11-13-28)22-18-15-16(23)8-9-20(18)25-21(26-22)17-6-4-5-7-19(17)24/h4-9,15H,2-3,10-14H2,1H3. The highest BCUT2D eigenvalue weighted by molar-refractivity contribution is 7.89. The van der Waals surface area contributed by atoms with Gasteiger partial charge in [0, 0.05) is 36.6 Å². The van der Waals surface area contributed by atoms with E-state index in [0.29, 0.717) is 60.3 Å². The van der Waals surface area contributed by atoms with Crippen molar-refractivity contribution in [1.82, 2.24) is 14.3 Å². The van der Waals surface area contributed by atoms with Crippen molar-refractivity contribution in [3.8, 4) is 11.4 Å². The number of sulfonamides is 1. The molecule has 0 atom stereocenters. The molecule has 1 saturated heterocycles. The van der Waals surface area contributed by atoms with E-state index in [9.17, 15) is 12.8 Å². The van der Waals surface area contributed by atoms with Crippen molar-refractivity contribution in [2.45, 2.75) is 19.8 Å². The molecular weight excluding hydrogens is 439 g/mol. The number of unbranched alkanes of at least 4 members (excludes halogenated alkanes) is 1. The van der Waals surface area contributed by atoms with E-state index in [1.807, 2.05) is 11.8 Å². The van der Waals surface area contributed by atoms with Gasteiger partial charge in [-0.3, -0.25) is 0 Å². The quantitative estimate of drug-likeness (QED) is 0.545. The number of fused-ring (bicyclic) bond motifs is 1. The molecule has 0 spiro atoms. The Hall–Kier alpha value is -2.29. The Kier molecular flexibility index (Phi) is 6.41. The molecule has 0 aliphatic carbocycles. The Labute approximate surface area is 186 Å². The lowest BCUT2D eigenvalue weighted by atomic mass is 10.1. The monoisotopic (exact) mass is 462 g/mol. The first-order valence-electron chi connectivity index (χ1n) is 10.3. The molecule has 4 rings (SSSR count). The number of benzene rings is 2. The Bertz CT molecular complexity index is 1200. The molecule has 31 heavy (non-hydrogen) atoms. The lowest BCUT2D eigenvalue weighted by molar-refractivity contribution is 0.383. The Morgan fingerprint density at radius 3 is 2.52 bits per heavy atom. The van der Waals surface area contributed by atoms with Crippen LogP contribution in [0.5, 0.6) is 0 Å². The molecule has 2 heterocycles. The lowest BCUT2D eigenvalue weighted by Gasteiger charge is -2.35. The van der Waals surface area contributed by atoms with Crippen LogP contribution in [0, 0.1) is 5.82 Å². The molecule has 1 aliphatic heterocycles. The SMILES string of the molecule is CCCCS(=O)(=O)N1CCN(c2nc(-c3ccccc3F)nc3ccc(Cl)cc23)CC1. The summed E-state index contributed by atoms with van der Waals surface area (Å²) in [5, 5.41) is 1.31. The van der Waals surface area contributed by atoms with Gasteiger partial charge in [0.05, 0.1) is 16.8 Å². The van der Waals surface area contributed by atoms with Gasteiger partial charge in [-0.25, -0.2) is 22.8 Å². The van der Waals surface area contributed by atoms with E-state index in [1.54, 1.807) is 40.7 Å². The van der Waals surface area contributed by atoms with Crippen LogP contribution in [0.3, 0.4) is 0 Å². The number of halogens is 2. The number of rotatable bonds is 6. The fourth-order valence-electron chi connectivity index (χ4n) is 3.72. The molecule has 0 bridgehead atoms. The minimum atomic E-state index is -3.25. The summed E-state index contributed by atoms with van der Waals surface area (Å²) in [7, 11) is -3.25. The fraction of sp³-hybridized carbons (Fsp3) is 0.364. The first kappa shape index (κ1) is 21.9. The maximum Gasteiger partial charge on any atom is 0.214 e. The summed E-state index contributed by atoms with van der Waals surface area (Å²) in [6.07, 6.45) is 1.50. The average molecular weight is 463 g/mol. The molecule has 3 aromatic rings. The van der Waals surface area contributed by atoms with Crippen LogP contribution in [-0.4, -0.2) is 54.6 Å². The van der Waals surface area contributed by atoms with Crippen LogP contribution in [0.1, 0.15) is 19.8 Å². The highest BCUT2D eigenvalue weighted by Crippen LogP contribution is 2.31. The molecule has 2 aromatic carbocycles. The highest BCUT2D eigenvalue weighted by atomic mass is 35.5. The molecule has 0 amide bonds. The van der Waals surface area contributed by atoms with Crippen molar-refractivity contribution >= 4 is 38.3 Å². The highest BCUT2D eigenvalue weighted by Gasteiger charge is 2.28. The summed E-state index contributed by atoms with van der Waals surface area (Å²) in [5.74, 6) is 0.707. The first-order chi connectivity index (χ1) is 14.9. The van der Waals surface area contributed by atoms with E-state index >= 15 is 0 Å². The van der Waals surface area contributed by atoms with Crippen LogP contribution >= 0.6 is 11.6 Å². The zero-order chi connectivity index (χ0) is 22.0. The number of hydrogen-bond acceptors (Lipinski definition) is 5. The van der Waals surface area contributed by atoms with Crippen molar-refractivity contribution in [3.05, 3.63) is 53.3 Å². The van der Waals surface area contributed by atoms with Crippen LogP contribution in [0.2, 0.25) is 5.02 Å². The Morgan fingerprint density at radius 1 is 1.06 bits per heavy atom. The van der Waals surface area contributed by atoms with Crippen molar-refractivity contribution < 1.29 is 12.8 Å². The van der Waals surface area contributed by atoms with Crippen LogP contribution < -0.4 is 4.90 Å². The molecule has 0 saturated carbocycles. The summed E-state index contributed by atoms with van der Waals surface area (Å²) in [4.78, 5) is 11.3. The molecule has 0 N–H and O–H groups in total. The molecule has 0 radical (unpaired) electrons. The van der Waals surface area contributed by atoms with Crippen molar-refractivity contribution in [2.75, 3.05) is 36.8 Å². The van der Waals surface area contributed by atoms with Gasteiger partial charge in [0.15, 0.2) is 5.82 Å². The van der Waals surface area contributed by atoms with Gasteiger partial charge in [0.1, 0.15) is 11.6 Å². The maximum absolute atomic E-state index is 14.4. The summed E-state index contributed by atoms with van der Waals surface area (Å²) < 4.78 is 41.0. The average Bonchev–Trinajstić information content (AvgIpc) is 2.77. The van der Waals surface area contributed by atoms with Crippen LogP contribution in [0.15, 0.2) is 42.5 Å². The van der Waals surface area contributed by atoms with Gasteiger partial charge in [-0.05, 0) is 36.8 Å². The number of hydrogen-bond donors (Lipinski definition) is 0. The number of nitrogens with zero attached hydrogens (tertiary/aromatic N) is 4. The fourth-order valence-corrected chi connectivity index (χ4v) is 5.53. The zero-order valence-corrected chi connectivity index (χ0v) is 18.8. The minimum absolute atomic E-state index is 0.174. The summed E-state index contributed by atoms with van der Waals surface area (Å²) in [6.45, 7) is 3.72. The van der Waals surface area contributed by atoms with Gasteiger partial charge in [0.25, 0.3) is 0 Å². The Morgan fingerprint density at radius 2 is 1.81 bits per heavy atom. The molecule has 1 fully saturated rings. The number of anilines is 1. The van der Waals surface area contributed by atoms with Gasteiger partial charge in [-0.1, -0.05) is 37.1 Å². The summed E-state index contributed by atoms with van der Waals surface area (Å²) in [5.41, 5.74) is 0.979. The summed E-state index contributed by atoms with van der Waals surface area (Å²) >= 11 is 6.22. The Balaban J connectivity index is 1.69.